The molecule has 2 aromatic rings. The molecule has 0 amide bonds. The van der Waals surface area contributed by atoms with Crippen molar-refractivity contribution in [2.75, 3.05) is 18.5 Å². The molecule has 0 fully saturated rings. The summed E-state index contributed by atoms with van der Waals surface area (Å²) in [5.41, 5.74) is 0.785. The van der Waals surface area contributed by atoms with Gasteiger partial charge < -0.3 is 14.9 Å². The highest BCUT2D eigenvalue weighted by atomic mass is 35.5. The molecule has 2 N–H and O–H groups in total. The lowest BCUT2D eigenvalue weighted by Crippen LogP contribution is -2.05. The first-order valence-corrected chi connectivity index (χ1v) is 5.12. The lowest BCUT2D eigenvalue weighted by atomic mass is 10.2. The van der Waals surface area contributed by atoms with Gasteiger partial charge in [-0.3, -0.25) is 0 Å². The van der Waals surface area contributed by atoms with Crippen LogP contribution in [-0.2, 0) is 0 Å². The molecule has 2 rings (SSSR count). The maximum absolute atomic E-state index is 8.62. The van der Waals surface area contributed by atoms with E-state index in [0.717, 1.165) is 5.56 Å². The summed E-state index contributed by atoms with van der Waals surface area (Å²) in [7, 11) is 0. The fourth-order valence-electron chi connectivity index (χ4n) is 1.20. The van der Waals surface area contributed by atoms with Crippen molar-refractivity contribution >= 4 is 17.6 Å². The van der Waals surface area contributed by atoms with E-state index in [1.165, 1.54) is 0 Å². The minimum Gasteiger partial charge on any atom is -0.395 e. The Morgan fingerprint density at radius 2 is 2.31 bits per heavy atom. The Labute approximate surface area is 97.1 Å². The molecule has 0 atom stereocenters. The highest BCUT2D eigenvalue weighted by Gasteiger charge is 2.07. The summed E-state index contributed by atoms with van der Waals surface area (Å²) in [4.78, 5) is 4.10. The van der Waals surface area contributed by atoms with Gasteiger partial charge in [0.15, 0.2) is 0 Å². The fourth-order valence-corrected chi connectivity index (χ4v) is 1.39. The van der Waals surface area contributed by atoms with E-state index in [1.54, 1.807) is 12.1 Å². The number of nitrogens with zero attached hydrogens (tertiary/aromatic N) is 2. The van der Waals surface area contributed by atoms with E-state index in [2.05, 4.69) is 15.5 Å². The Balaban J connectivity index is 2.18. The first kappa shape index (κ1) is 10.9. The summed E-state index contributed by atoms with van der Waals surface area (Å²) in [6.45, 7) is 0.381. The third kappa shape index (κ3) is 2.50. The number of aliphatic hydroxyl groups is 1. The minimum atomic E-state index is 0.00881. The van der Waals surface area contributed by atoms with Gasteiger partial charge in [-0.15, -0.1) is 0 Å². The summed E-state index contributed by atoms with van der Waals surface area (Å²) in [5.74, 6) is 0.461. The summed E-state index contributed by atoms with van der Waals surface area (Å²) < 4.78 is 4.93. The molecule has 0 aliphatic carbocycles. The van der Waals surface area contributed by atoms with Crippen LogP contribution in [0.1, 0.15) is 0 Å². The van der Waals surface area contributed by atoms with Crippen LogP contribution in [0, 0.1) is 0 Å². The van der Waals surface area contributed by atoms with Crippen molar-refractivity contribution in [3.05, 3.63) is 29.3 Å². The maximum Gasteiger partial charge on any atom is 0.321 e. The lowest BCUT2D eigenvalue weighted by Gasteiger charge is -1.95. The second-order valence-corrected chi connectivity index (χ2v) is 3.52. The number of aromatic nitrogens is 2. The van der Waals surface area contributed by atoms with Gasteiger partial charge in [-0.05, 0) is 12.1 Å². The predicted octanol–water partition coefficient (Wildman–Crippen LogP) is 1.79. The van der Waals surface area contributed by atoms with Crippen LogP contribution in [-0.4, -0.2) is 28.4 Å². The average Bonchev–Trinajstić information content (AvgIpc) is 2.75. The summed E-state index contributed by atoms with van der Waals surface area (Å²) in [6.07, 6.45) is 0. The number of halogens is 1. The zero-order valence-electron chi connectivity index (χ0n) is 8.35. The summed E-state index contributed by atoms with van der Waals surface area (Å²) in [5, 5.41) is 15.8. The Morgan fingerprint density at radius 1 is 1.44 bits per heavy atom. The van der Waals surface area contributed by atoms with Gasteiger partial charge in [0.1, 0.15) is 0 Å². The summed E-state index contributed by atoms with van der Waals surface area (Å²) >= 11 is 5.85. The van der Waals surface area contributed by atoms with E-state index >= 15 is 0 Å². The van der Waals surface area contributed by atoms with E-state index in [9.17, 15) is 0 Å². The topological polar surface area (TPSA) is 71.2 Å². The van der Waals surface area contributed by atoms with Crippen LogP contribution in [0.5, 0.6) is 0 Å². The lowest BCUT2D eigenvalue weighted by molar-refractivity contribution is 0.308. The van der Waals surface area contributed by atoms with Crippen LogP contribution >= 0.6 is 11.6 Å². The molecule has 84 valence electrons. The Kier molecular flexibility index (Phi) is 3.38. The molecule has 5 nitrogen and oxygen atoms in total. The normalized spacial score (nSPS) is 10.4. The van der Waals surface area contributed by atoms with Gasteiger partial charge >= 0.3 is 6.01 Å². The molecule has 16 heavy (non-hydrogen) atoms. The zero-order valence-corrected chi connectivity index (χ0v) is 9.11. The smallest absolute Gasteiger partial charge is 0.321 e. The monoisotopic (exact) mass is 239 g/mol. The molecular weight excluding hydrogens is 230 g/mol. The number of hydrogen-bond acceptors (Lipinski definition) is 5. The van der Waals surface area contributed by atoms with Gasteiger partial charge in [-0.1, -0.05) is 28.9 Å². The van der Waals surface area contributed by atoms with Gasteiger partial charge in [0, 0.05) is 17.1 Å². The summed E-state index contributed by atoms with van der Waals surface area (Å²) in [6, 6.07) is 7.46. The number of aliphatic hydroxyl groups excluding tert-OH is 1. The van der Waals surface area contributed by atoms with E-state index in [0.29, 0.717) is 17.4 Å². The van der Waals surface area contributed by atoms with Crippen molar-refractivity contribution in [1.29, 1.82) is 0 Å². The second-order valence-electron chi connectivity index (χ2n) is 3.08. The fraction of sp³-hybridized carbons (Fsp3) is 0.200. The molecule has 0 radical (unpaired) electrons. The molecule has 0 aliphatic heterocycles. The molecule has 1 aromatic carbocycles. The third-order valence-electron chi connectivity index (χ3n) is 1.90. The number of hydrogen-bond donors (Lipinski definition) is 2. The van der Waals surface area contributed by atoms with E-state index in [1.807, 2.05) is 12.1 Å². The SMILES string of the molecule is OCCNc1nc(-c2cccc(Cl)c2)no1. The van der Waals surface area contributed by atoms with Crippen LogP contribution < -0.4 is 5.32 Å². The average molecular weight is 240 g/mol. The number of benzene rings is 1. The molecule has 0 bridgehead atoms. The number of rotatable bonds is 4. The molecule has 0 unspecified atom stereocenters. The molecule has 0 aliphatic rings. The molecular formula is C10H10ClN3O2. The Bertz CT molecular complexity index is 473. The van der Waals surface area contributed by atoms with Gasteiger partial charge in [-0.2, -0.15) is 4.98 Å². The maximum atomic E-state index is 8.62. The first-order chi connectivity index (χ1) is 7.79. The van der Waals surface area contributed by atoms with Crippen LogP contribution in [0.3, 0.4) is 0 Å². The van der Waals surface area contributed by atoms with Crippen LogP contribution in [0.25, 0.3) is 11.4 Å². The van der Waals surface area contributed by atoms with E-state index in [4.69, 9.17) is 21.2 Å². The Hall–Kier alpha value is -1.59. The highest BCUT2D eigenvalue weighted by molar-refractivity contribution is 6.30. The van der Waals surface area contributed by atoms with Crippen molar-refractivity contribution in [2.24, 2.45) is 0 Å². The van der Waals surface area contributed by atoms with Crippen molar-refractivity contribution in [1.82, 2.24) is 10.1 Å². The van der Waals surface area contributed by atoms with E-state index in [-0.39, 0.29) is 12.6 Å². The van der Waals surface area contributed by atoms with E-state index < -0.39 is 0 Å². The van der Waals surface area contributed by atoms with Crippen LogP contribution in [0.2, 0.25) is 5.02 Å². The largest absolute Gasteiger partial charge is 0.395 e. The number of anilines is 1. The van der Waals surface area contributed by atoms with Gasteiger partial charge in [0.25, 0.3) is 0 Å². The van der Waals surface area contributed by atoms with Crippen molar-refractivity contribution in [3.63, 3.8) is 0 Å². The molecule has 0 saturated heterocycles. The molecule has 1 aromatic heterocycles. The number of nitrogens with one attached hydrogen (secondary N) is 1. The molecule has 0 spiro atoms. The molecule has 1 heterocycles. The van der Waals surface area contributed by atoms with Crippen molar-refractivity contribution < 1.29 is 9.63 Å². The zero-order chi connectivity index (χ0) is 11.4. The molecule has 6 heteroatoms. The highest BCUT2D eigenvalue weighted by Crippen LogP contribution is 2.20. The van der Waals surface area contributed by atoms with Gasteiger partial charge in [0.2, 0.25) is 5.82 Å². The van der Waals surface area contributed by atoms with Gasteiger partial charge in [0.05, 0.1) is 6.61 Å². The van der Waals surface area contributed by atoms with Gasteiger partial charge in [-0.25, -0.2) is 0 Å². The van der Waals surface area contributed by atoms with Crippen molar-refractivity contribution in [2.45, 2.75) is 0 Å². The molecule has 0 saturated carbocycles. The third-order valence-corrected chi connectivity index (χ3v) is 2.13. The Morgan fingerprint density at radius 3 is 3.06 bits per heavy atom. The van der Waals surface area contributed by atoms with Crippen LogP contribution in [0.15, 0.2) is 28.8 Å². The quantitative estimate of drug-likeness (QED) is 0.851. The van der Waals surface area contributed by atoms with Crippen LogP contribution in [0.4, 0.5) is 6.01 Å². The predicted molar refractivity (Wildman–Crippen MR) is 60.3 cm³/mol. The first-order valence-electron chi connectivity index (χ1n) is 4.74. The van der Waals surface area contributed by atoms with Crippen molar-refractivity contribution in [3.8, 4) is 11.4 Å². The second kappa shape index (κ2) is 4.96. The standard InChI is InChI=1S/C10H10ClN3O2/c11-8-3-1-2-7(6-8)9-13-10(16-14-9)12-4-5-15/h1-3,6,15H,4-5H2,(H,12,13,14). The minimum absolute atomic E-state index is 0.00881.